The van der Waals surface area contributed by atoms with Gasteiger partial charge in [0, 0.05) is 21.4 Å². The van der Waals surface area contributed by atoms with Crippen molar-refractivity contribution >= 4 is 34.2 Å². The molecule has 0 amide bonds. The third kappa shape index (κ3) is 6.57. The number of esters is 1. The van der Waals surface area contributed by atoms with E-state index in [9.17, 15) is 4.79 Å². The molecule has 0 unspecified atom stereocenters. The Morgan fingerprint density at radius 3 is 2.56 bits per heavy atom. The first-order chi connectivity index (χ1) is 12.1. The molecule has 0 atom stereocenters. The molecule has 0 saturated heterocycles. The summed E-state index contributed by atoms with van der Waals surface area (Å²) in [4.78, 5) is 11.5. The van der Waals surface area contributed by atoms with Gasteiger partial charge in [-0.05, 0) is 65.8 Å². The maximum atomic E-state index is 11.5. The molecule has 0 bridgehead atoms. The summed E-state index contributed by atoms with van der Waals surface area (Å²) in [5, 5.41) is 3.40. The SMILES string of the molecule is CCCOc1cc(I)ccc1CNc1ccc(CC(=O)OCC)cc1. The zero-order valence-electron chi connectivity index (χ0n) is 14.7. The topological polar surface area (TPSA) is 47.6 Å². The molecule has 0 heterocycles. The smallest absolute Gasteiger partial charge is 0.310 e. The molecule has 0 radical (unpaired) electrons. The van der Waals surface area contributed by atoms with Gasteiger partial charge in [-0.3, -0.25) is 4.79 Å². The lowest BCUT2D eigenvalue weighted by Gasteiger charge is -2.13. The van der Waals surface area contributed by atoms with E-state index in [4.69, 9.17) is 9.47 Å². The van der Waals surface area contributed by atoms with Crippen LogP contribution in [0.15, 0.2) is 42.5 Å². The number of carbonyl (C=O) groups is 1. The van der Waals surface area contributed by atoms with E-state index in [0.29, 0.717) is 19.6 Å². The fourth-order valence-corrected chi connectivity index (χ4v) is 2.80. The first kappa shape index (κ1) is 19.6. The van der Waals surface area contributed by atoms with Crippen molar-refractivity contribution in [3.05, 3.63) is 57.2 Å². The highest BCUT2D eigenvalue weighted by Gasteiger charge is 2.06. The van der Waals surface area contributed by atoms with Crippen LogP contribution in [0.2, 0.25) is 0 Å². The normalized spacial score (nSPS) is 10.4. The Morgan fingerprint density at radius 1 is 1.12 bits per heavy atom. The molecule has 0 aromatic heterocycles. The predicted molar refractivity (Wildman–Crippen MR) is 109 cm³/mol. The van der Waals surface area contributed by atoms with E-state index in [1.54, 1.807) is 0 Å². The molecule has 2 aromatic rings. The number of hydrogen-bond acceptors (Lipinski definition) is 4. The van der Waals surface area contributed by atoms with E-state index in [2.05, 4.69) is 53.0 Å². The van der Waals surface area contributed by atoms with Crippen molar-refractivity contribution in [2.45, 2.75) is 33.2 Å². The van der Waals surface area contributed by atoms with Crippen molar-refractivity contribution in [2.75, 3.05) is 18.5 Å². The molecule has 0 aliphatic heterocycles. The van der Waals surface area contributed by atoms with E-state index in [1.807, 2.05) is 31.2 Å². The molecule has 0 aliphatic carbocycles. The number of nitrogens with one attached hydrogen (secondary N) is 1. The third-order valence-corrected chi connectivity index (χ3v) is 4.25. The molecule has 0 aliphatic rings. The van der Waals surface area contributed by atoms with E-state index in [-0.39, 0.29) is 5.97 Å². The van der Waals surface area contributed by atoms with Gasteiger partial charge in [0.05, 0.1) is 19.6 Å². The maximum absolute atomic E-state index is 11.5. The quantitative estimate of drug-likeness (QED) is 0.438. The van der Waals surface area contributed by atoms with Gasteiger partial charge >= 0.3 is 5.97 Å². The monoisotopic (exact) mass is 453 g/mol. The number of rotatable bonds is 9. The highest BCUT2D eigenvalue weighted by molar-refractivity contribution is 14.1. The van der Waals surface area contributed by atoms with Gasteiger partial charge in [-0.1, -0.05) is 25.1 Å². The second-order valence-corrected chi connectivity index (χ2v) is 6.88. The van der Waals surface area contributed by atoms with Crippen LogP contribution in [0.1, 0.15) is 31.4 Å². The second-order valence-electron chi connectivity index (χ2n) is 5.63. The van der Waals surface area contributed by atoms with Gasteiger partial charge in [0.25, 0.3) is 0 Å². The highest BCUT2D eigenvalue weighted by Crippen LogP contribution is 2.23. The standard InChI is InChI=1S/C20H24INO3/c1-3-11-25-19-13-17(21)8-7-16(19)14-22-18-9-5-15(6-10-18)12-20(23)24-4-2/h5-10,13,22H,3-4,11-12,14H2,1-2H3. The molecule has 25 heavy (non-hydrogen) atoms. The van der Waals surface area contributed by atoms with Crippen molar-refractivity contribution < 1.29 is 14.3 Å². The molecular weight excluding hydrogens is 429 g/mol. The van der Waals surface area contributed by atoms with E-state index >= 15 is 0 Å². The average molecular weight is 453 g/mol. The van der Waals surface area contributed by atoms with Gasteiger partial charge in [0.2, 0.25) is 0 Å². The van der Waals surface area contributed by atoms with Crippen LogP contribution in [-0.2, 0) is 22.5 Å². The molecule has 2 rings (SSSR count). The summed E-state index contributed by atoms with van der Waals surface area (Å²) in [6, 6.07) is 14.1. The first-order valence-electron chi connectivity index (χ1n) is 8.52. The Hall–Kier alpha value is -1.76. The lowest BCUT2D eigenvalue weighted by atomic mass is 10.1. The largest absolute Gasteiger partial charge is 0.493 e. The second kappa shape index (κ2) is 10.3. The zero-order valence-corrected chi connectivity index (χ0v) is 16.8. The Kier molecular flexibility index (Phi) is 8.04. The van der Waals surface area contributed by atoms with Gasteiger partial charge < -0.3 is 14.8 Å². The van der Waals surface area contributed by atoms with Crippen LogP contribution in [-0.4, -0.2) is 19.2 Å². The van der Waals surface area contributed by atoms with Gasteiger partial charge in [-0.25, -0.2) is 0 Å². The van der Waals surface area contributed by atoms with Crippen molar-refractivity contribution in [2.24, 2.45) is 0 Å². The molecule has 0 fully saturated rings. The van der Waals surface area contributed by atoms with Crippen molar-refractivity contribution in [3.8, 4) is 5.75 Å². The first-order valence-corrected chi connectivity index (χ1v) is 9.60. The minimum Gasteiger partial charge on any atom is -0.493 e. The van der Waals surface area contributed by atoms with Crippen LogP contribution in [0.3, 0.4) is 0 Å². The summed E-state index contributed by atoms with van der Waals surface area (Å²) in [6.07, 6.45) is 1.29. The molecule has 5 heteroatoms. The van der Waals surface area contributed by atoms with E-state index in [0.717, 1.165) is 39.2 Å². The molecule has 1 N–H and O–H groups in total. The zero-order chi connectivity index (χ0) is 18.1. The Bertz CT molecular complexity index is 686. The third-order valence-electron chi connectivity index (χ3n) is 3.58. The molecule has 134 valence electrons. The Morgan fingerprint density at radius 2 is 1.88 bits per heavy atom. The summed E-state index contributed by atoms with van der Waals surface area (Å²) in [6.45, 7) is 5.73. The van der Waals surface area contributed by atoms with E-state index < -0.39 is 0 Å². The van der Waals surface area contributed by atoms with Crippen LogP contribution in [0.5, 0.6) is 5.75 Å². The summed E-state index contributed by atoms with van der Waals surface area (Å²) in [7, 11) is 0. The molecule has 0 saturated carbocycles. The summed E-state index contributed by atoms with van der Waals surface area (Å²) in [5.41, 5.74) is 3.09. The molecular formula is C20H24INO3. The lowest BCUT2D eigenvalue weighted by Crippen LogP contribution is -2.07. The Labute approximate surface area is 163 Å². The van der Waals surface area contributed by atoms with Gasteiger partial charge in [-0.2, -0.15) is 0 Å². The number of halogens is 1. The summed E-state index contributed by atoms with van der Waals surface area (Å²) in [5.74, 6) is 0.736. The van der Waals surface area contributed by atoms with Crippen molar-refractivity contribution in [1.29, 1.82) is 0 Å². The minimum absolute atomic E-state index is 0.195. The number of carbonyl (C=O) groups excluding carboxylic acids is 1. The van der Waals surface area contributed by atoms with Crippen molar-refractivity contribution in [1.82, 2.24) is 0 Å². The highest BCUT2D eigenvalue weighted by atomic mass is 127. The van der Waals surface area contributed by atoms with E-state index in [1.165, 1.54) is 0 Å². The fourth-order valence-electron chi connectivity index (χ4n) is 2.34. The van der Waals surface area contributed by atoms with Crippen LogP contribution in [0, 0.1) is 3.57 Å². The van der Waals surface area contributed by atoms with Crippen molar-refractivity contribution in [3.63, 3.8) is 0 Å². The molecule has 2 aromatic carbocycles. The average Bonchev–Trinajstić information content (AvgIpc) is 2.60. The van der Waals surface area contributed by atoms with Crippen LogP contribution < -0.4 is 10.1 Å². The number of hydrogen-bond donors (Lipinski definition) is 1. The van der Waals surface area contributed by atoms with Crippen LogP contribution >= 0.6 is 22.6 Å². The molecule has 4 nitrogen and oxygen atoms in total. The Balaban J connectivity index is 1.96. The van der Waals surface area contributed by atoms with Gasteiger partial charge in [0.15, 0.2) is 0 Å². The minimum atomic E-state index is -0.195. The molecule has 0 spiro atoms. The fraction of sp³-hybridized carbons (Fsp3) is 0.350. The van der Waals surface area contributed by atoms with Crippen LogP contribution in [0.4, 0.5) is 5.69 Å². The lowest BCUT2D eigenvalue weighted by molar-refractivity contribution is -0.142. The number of anilines is 1. The summed E-state index contributed by atoms with van der Waals surface area (Å²) >= 11 is 2.29. The number of benzene rings is 2. The van der Waals surface area contributed by atoms with Gasteiger partial charge in [-0.15, -0.1) is 0 Å². The summed E-state index contributed by atoms with van der Waals surface area (Å²) < 4.78 is 12.0. The van der Waals surface area contributed by atoms with Gasteiger partial charge in [0.1, 0.15) is 5.75 Å². The predicted octanol–water partition coefficient (Wildman–Crippen LogP) is 4.80. The van der Waals surface area contributed by atoms with Crippen LogP contribution in [0.25, 0.3) is 0 Å². The number of ether oxygens (including phenoxy) is 2. The maximum Gasteiger partial charge on any atom is 0.310 e.